The van der Waals surface area contributed by atoms with Gasteiger partial charge in [0.05, 0.1) is 0 Å². The van der Waals surface area contributed by atoms with E-state index in [9.17, 15) is 4.91 Å². The van der Waals surface area contributed by atoms with Gasteiger partial charge in [-0.15, -0.1) is 4.91 Å². The van der Waals surface area contributed by atoms with Gasteiger partial charge in [-0.2, -0.15) is 0 Å². The van der Waals surface area contributed by atoms with Crippen LogP contribution in [-0.2, 0) is 0 Å². The molecule has 0 saturated carbocycles. The first-order chi connectivity index (χ1) is 6.15. The van der Waals surface area contributed by atoms with Gasteiger partial charge in [0.1, 0.15) is 5.69 Å². The summed E-state index contributed by atoms with van der Waals surface area (Å²) in [4.78, 5) is 12.3. The van der Waals surface area contributed by atoms with Crippen LogP contribution in [0.3, 0.4) is 0 Å². The van der Waals surface area contributed by atoms with Crippen LogP contribution in [0.5, 0.6) is 0 Å². The van der Waals surface area contributed by atoms with Crippen molar-refractivity contribution >= 4 is 5.69 Å². The Bertz CT molecular complexity index is 279. The zero-order valence-corrected chi connectivity index (χ0v) is 8.19. The fraction of sp³-hybridized carbons (Fsp3) is 0.400. The van der Waals surface area contributed by atoms with Crippen LogP contribution in [0, 0.1) is 4.91 Å². The molecule has 0 amide bonds. The van der Waals surface area contributed by atoms with Gasteiger partial charge < -0.3 is 4.90 Å². The lowest BCUT2D eigenvalue weighted by Crippen LogP contribution is -2.16. The minimum absolute atomic E-state index is 0.362. The number of nitrogens with zero attached hydrogens (tertiary/aromatic N) is 2. The molecule has 0 aliphatic carbocycles. The molecule has 13 heavy (non-hydrogen) atoms. The van der Waals surface area contributed by atoms with Gasteiger partial charge in [0.25, 0.3) is 0 Å². The average Bonchev–Trinajstić information content (AvgIpc) is 2.17. The van der Waals surface area contributed by atoms with Gasteiger partial charge in [-0.1, -0.05) is 12.1 Å². The van der Waals surface area contributed by atoms with Crippen molar-refractivity contribution in [2.45, 2.75) is 13.0 Å². The Balaban J connectivity index is 2.85. The highest BCUT2D eigenvalue weighted by atomic mass is 16.3. The molecule has 0 bridgehead atoms. The Morgan fingerprint density at radius 1 is 1.23 bits per heavy atom. The Kier molecular flexibility index (Phi) is 3.14. The molecule has 3 nitrogen and oxygen atoms in total. The number of benzene rings is 1. The zero-order valence-electron chi connectivity index (χ0n) is 8.19. The minimum Gasteiger partial charge on any atom is -0.303 e. The van der Waals surface area contributed by atoms with Gasteiger partial charge in [0.15, 0.2) is 0 Å². The molecule has 0 unspecified atom stereocenters. The van der Waals surface area contributed by atoms with E-state index in [0.29, 0.717) is 11.7 Å². The average molecular weight is 178 g/mol. The van der Waals surface area contributed by atoms with Crippen molar-refractivity contribution in [2.75, 3.05) is 14.1 Å². The maximum atomic E-state index is 10.2. The summed E-state index contributed by atoms with van der Waals surface area (Å²) in [6, 6.07) is 7.70. The van der Waals surface area contributed by atoms with E-state index in [0.717, 1.165) is 0 Å². The second-order valence-electron chi connectivity index (χ2n) is 3.32. The number of hydrogen-bond donors (Lipinski definition) is 0. The van der Waals surface area contributed by atoms with Crippen molar-refractivity contribution in [1.29, 1.82) is 0 Å². The van der Waals surface area contributed by atoms with Gasteiger partial charge in [-0.25, -0.2) is 0 Å². The van der Waals surface area contributed by atoms with Crippen molar-refractivity contribution in [2.24, 2.45) is 5.18 Å². The largest absolute Gasteiger partial charge is 0.303 e. The maximum Gasteiger partial charge on any atom is 0.108 e. The molecule has 0 fully saturated rings. The predicted octanol–water partition coefficient (Wildman–Crippen LogP) is 2.71. The zero-order chi connectivity index (χ0) is 9.84. The van der Waals surface area contributed by atoms with Crippen molar-refractivity contribution in [3.05, 3.63) is 34.7 Å². The summed E-state index contributed by atoms with van der Waals surface area (Å²) in [5.74, 6) is 0. The Morgan fingerprint density at radius 2 is 1.77 bits per heavy atom. The first-order valence-corrected chi connectivity index (χ1v) is 4.25. The summed E-state index contributed by atoms with van der Waals surface area (Å²) in [5, 5.41) is 2.85. The lowest BCUT2D eigenvalue weighted by atomic mass is 10.1. The lowest BCUT2D eigenvalue weighted by Gasteiger charge is -2.19. The summed E-state index contributed by atoms with van der Waals surface area (Å²) in [6.45, 7) is 2.11. The molecular weight excluding hydrogens is 164 g/mol. The Hall–Kier alpha value is -1.22. The molecule has 0 aliphatic rings. The number of hydrogen-bond acceptors (Lipinski definition) is 3. The van der Waals surface area contributed by atoms with Crippen LogP contribution in [0.1, 0.15) is 18.5 Å². The third kappa shape index (κ3) is 2.36. The fourth-order valence-electron chi connectivity index (χ4n) is 1.11. The van der Waals surface area contributed by atoms with Crippen LogP contribution in [-0.4, -0.2) is 19.0 Å². The smallest absolute Gasteiger partial charge is 0.108 e. The van der Waals surface area contributed by atoms with E-state index in [2.05, 4.69) is 17.0 Å². The van der Waals surface area contributed by atoms with E-state index in [-0.39, 0.29) is 0 Å². The van der Waals surface area contributed by atoms with E-state index >= 15 is 0 Å². The molecule has 1 rings (SSSR count). The van der Waals surface area contributed by atoms with Gasteiger partial charge in [-0.3, -0.25) is 0 Å². The molecule has 0 radical (unpaired) electrons. The number of rotatable bonds is 3. The summed E-state index contributed by atoms with van der Waals surface area (Å²) in [6.07, 6.45) is 0. The molecule has 0 N–H and O–H groups in total. The first kappa shape index (κ1) is 9.86. The molecule has 0 saturated heterocycles. The molecule has 0 heterocycles. The van der Waals surface area contributed by atoms with E-state index in [1.807, 2.05) is 26.2 Å². The van der Waals surface area contributed by atoms with Crippen molar-refractivity contribution < 1.29 is 0 Å². The lowest BCUT2D eigenvalue weighted by molar-refractivity contribution is 0.321. The third-order valence-electron chi connectivity index (χ3n) is 2.26. The normalized spacial score (nSPS) is 12.9. The number of nitroso groups, excluding NO2 is 1. The molecule has 70 valence electrons. The van der Waals surface area contributed by atoms with Gasteiger partial charge in [0.2, 0.25) is 0 Å². The van der Waals surface area contributed by atoms with Crippen molar-refractivity contribution in [1.82, 2.24) is 4.90 Å². The minimum atomic E-state index is 0.362. The molecule has 1 atom stereocenters. The maximum absolute atomic E-state index is 10.2. The SMILES string of the molecule is C[C@@H](c1ccc(N=O)cc1)N(C)C. The molecule has 3 heteroatoms. The van der Waals surface area contributed by atoms with Gasteiger partial charge >= 0.3 is 0 Å². The van der Waals surface area contributed by atoms with Crippen LogP contribution in [0.4, 0.5) is 5.69 Å². The molecule has 0 aliphatic heterocycles. The first-order valence-electron chi connectivity index (χ1n) is 4.25. The van der Waals surface area contributed by atoms with Crippen molar-refractivity contribution in [3.63, 3.8) is 0 Å². The summed E-state index contributed by atoms with van der Waals surface area (Å²) < 4.78 is 0. The second-order valence-corrected chi connectivity index (χ2v) is 3.32. The van der Waals surface area contributed by atoms with Gasteiger partial charge in [-0.05, 0) is 43.9 Å². The van der Waals surface area contributed by atoms with E-state index in [1.54, 1.807) is 12.1 Å². The topological polar surface area (TPSA) is 32.7 Å². The van der Waals surface area contributed by atoms with Gasteiger partial charge in [0, 0.05) is 6.04 Å². The third-order valence-corrected chi connectivity index (χ3v) is 2.26. The van der Waals surface area contributed by atoms with Crippen LogP contribution in [0.15, 0.2) is 29.4 Å². The predicted molar refractivity (Wildman–Crippen MR) is 54.0 cm³/mol. The molecule has 0 aromatic heterocycles. The van der Waals surface area contributed by atoms with E-state index < -0.39 is 0 Å². The summed E-state index contributed by atoms with van der Waals surface area (Å²) in [7, 11) is 4.05. The van der Waals surface area contributed by atoms with Crippen LogP contribution in [0.25, 0.3) is 0 Å². The highest BCUT2D eigenvalue weighted by Gasteiger charge is 2.06. The quantitative estimate of drug-likeness (QED) is 0.666. The molecular formula is C10H14N2O. The Morgan fingerprint density at radius 3 is 2.15 bits per heavy atom. The Labute approximate surface area is 78.3 Å². The van der Waals surface area contributed by atoms with E-state index in [1.165, 1.54) is 5.56 Å². The molecule has 0 spiro atoms. The fourth-order valence-corrected chi connectivity index (χ4v) is 1.11. The highest BCUT2D eigenvalue weighted by molar-refractivity contribution is 5.39. The second kappa shape index (κ2) is 4.14. The van der Waals surface area contributed by atoms with Crippen LogP contribution in [0.2, 0.25) is 0 Å². The van der Waals surface area contributed by atoms with E-state index in [4.69, 9.17) is 0 Å². The standard InChI is InChI=1S/C10H14N2O/c1-8(12(2)3)9-4-6-10(11-13)7-5-9/h4-8H,1-3H3/t8-/m0/s1. The molecule has 1 aromatic rings. The molecule has 1 aromatic carbocycles. The highest BCUT2D eigenvalue weighted by Crippen LogP contribution is 2.20. The van der Waals surface area contributed by atoms with Crippen LogP contribution < -0.4 is 0 Å². The monoisotopic (exact) mass is 178 g/mol. The van der Waals surface area contributed by atoms with Crippen LogP contribution >= 0.6 is 0 Å². The summed E-state index contributed by atoms with van der Waals surface area (Å²) >= 11 is 0. The van der Waals surface area contributed by atoms with Crippen molar-refractivity contribution in [3.8, 4) is 0 Å². The summed E-state index contributed by atoms with van der Waals surface area (Å²) in [5.41, 5.74) is 1.67.